The highest BCUT2D eigenvalue weighted by atomic mass is 14.8. The molecule has 0 fully saturated rings. The van der Waals surface area contributed by atoms with E-state index in [1.165, 1.54) is 17.4 Å². The molecule has 0 atom stereocenters. The third kappa shape index (κ3) is 4.15. The first-order valence-electron chi connectivity index (χ1n) is 5.68. The molecule has 2 aromatic heterocycles. The van der Waals surface area contributed by atoms with Crippen LogP contribution in [-0.4, -0.2) is 9.97 Å². The summed E-state index contributed by atoms with van der Waals surface area (Å²) < 4.78 is 0. The Morgan fingerprint density at radius 2 is 1.93 bits per heavy atom. The summed E-state index contributed by atoms with van der Waals surface area (Å²) in [6, 6.07) is 4.01. The molecule has 86 valence electrons. The van der Waals surface area contributed by atoms with E-state index in [0.717, 1.165) is 5.65 Å². The van der Waals surface area contributed by atoms with Crippen molar-refractivity contribution in [2.24, 2.45) is 0 Å². The molecule has 2 heterocycles. The van der Waals surface area contributed by atoms with Crippen molar-refractivity contribution in [3.63, 3.8) is 0 Å². The van der Waals surface area contributed by atoms with Gasteiger partial charge in [-0.25, -0.2) is 4.98 Å². The van der Waals surface area contributed by atoms with Crippen molar-refractivity contribution in [1.82, 2.24) is 9.97 Å². The highest BCUT2D eigenvalue weighted by molar-refractivity contribution is 5.78. The van der Waals surface area contributed by atoms with Gasteiger partial charge in [-0.2, -0.15) is 0 Å². The van der Waals surface area contributed by atoms with E-state index < -0.39 is 0 Å². The van der Waals surface area contributed by atoms with E-state index >= 15 is 0 Å². The van der Waals surface area contributed by atoms with Gasteiger partial charge in [0.05, 0.1) is 0 Å². The van der Waals surface area contributed by atoms with Crippen LogP contribution in [0.5, 0.6) is 0 Å². The summed E-state index contributed by atoms with van der Waals surface area (Å²) in [4.78, 5) is 7.22. The average Bonchev–Trinajstić information content (AvgIpc) is 2.65. The Labute approximate surface area is 94.2 Å². The van der Waals surface area contributed by atoms with Crippen molar-refractivity contribution in [1.29, 1.82) is 0 Å². The van der Waals surface area contributed by atoms with Gasteiger partial charge in [0.15, 0.2) is 0 Å². The van der Waals surface area contributed by atoms with Gasteiger partial charge in [0.1, 0.15) is 5.65 Å². The molecule has 0 saturated heterocycles. The van der Waals surface area contributed by atoms with E-state index in [4.69, 9.17) is 0 Å². The first-order valence-corrected chi connectivity index (χ1v) is 5.68. The number of nitrogens with zero attached hydrogens (tertiary/aromatic N) is 1. The Balaban J connectivity index is 0. The predicted molar refractivity (Wildman–Crippen MR) is 70.3 cm³/mol. The fraction of sp³-hybridized carbons (Fsp3) is 0.462. The van der Waals surface area contributed by atoms with Gasteiger partial charge in [0, 0.05) is 19.2 Å². The van der Waals surface area contributed by atoms with E-state index in [1.54, 1.807) is 6.20 Å². The number of nitrogens with one attached hydrogen (secondary N) is 1. The molecule has 0 unspecified atom stereocenters. The number of aromatic amines is 1. The lowest BCUT2D eigenvalue weighted by molar-refractivity contribution is 1.09. The maximum atomic E-state index is 4.15. The molecule has 0 aliphatic heterocycles. The zero-order valence-corrected chi connectivity index (χ0v) is 10.5. The number of aromatic nitrogens is 2. The molecule has 0 bridgehead atoms. The Morgan fingerprint density at radius 1 is 1.33 bits per heavy atom. The second-order valence-corrected chi connectivity index (χ2v) is 3.08. The number of hydrogen-bond acceptors (Lipinski definition) is 1. The van der Waals surface area contributed by atoms with Gasteiger partial charge >= 0.3 is 0 Å². The van der Waals surface area contributed by atoms with E-state index in [-0.39, 0.29) is 1.43 Å². The fourth-order valence-corrected chi connectivity index (χ4v) is 1.09. The van der Waals surface area contributed by atoms with Crippen molar-refractivity contribution >= 4 is 11.0 Å². The van der Waals surface area contributed by atoms with E-state index in [0.29, 0.717) is 0 Å². The summed E-state index contributed by atoms with van der Waals surface area (Å²) in [6.07, 6.45) is 5.01. The number of pyridine rings is 1. The number of rotatable bonds is 0. The first-order chi connectivity index (χ1) is 7.29. The van der Waals surface area contributed by atoms with Gasteiger partial charge in [-0.15, -0.1) is 0 Å². The number of aryl methyl sites for hydroxylation is 1. The Morgan fingerprint density at radius 3 is 2.47 bits per heavy atom. The second-order valence-electron chi connectivity index (χ2n) is 3.08. The Kier molecular flexibility index (Phi) is 7.33. The standard InChI is InChI=1S/C8H8N2.C3H8.C2H6.H2/c1-6-5-10-8-7(6)3-2-4-9-8;1-3-2;1-2;/h2-5H,1H3,(H,9,10);3H2,1-2H3;1-2H3;1H. The summed E-state index contributed by atoms with van der Waals surface area (Å²) in [5.41, 5.74) is 2.23. The molecule has 1 N–H and O–H groups in total. The van der Waals surface area contributed by atoms with Gasteiger partial charge in [-0.1, -0.05) is 34.1 Å². The lowest BCUT2D eigenvalue weighted by atomic mass is 10.2. The van der Waals surface area contributed by atoms with Crippen LogP contribution < -0.4 is 0 Å². The van der Waals surface area contributed by atoms with Gasteiger partial charge in [0.2, 0.25) is 0 Å². The van der Waals surface area contributed by atoms with Crippen LogP contribution in [0.4, 0.5) is 0 Å². The van der Waals surface area contributed by atoms with Crippen molar-refractivity contribution in [2.75, 3.05) is 0 Å². The van der Waals surface area contributed by atoms with Crippen LogP contribution in [0.25, 0.3) is 11.0 Å². The zero-order chi connectivity index (χ0) is 11.7. The molecule has 0 amide bonds. The lowest BCUT2D eigenvalue weighted by Gasteiger charge is -1.86. The summed E-state index contributed by atoms with van der Waals surface area (Å²) in [5.74, 6) is 0. The quantitative estimate of drug-likeness (QED) is 0.675. The number of H-pyrrole nitrogens is 1. The Bertz CT molecular complexity index is 369. The van der Waals surface area contributed by atoms with Crippen LogP contribution in [0.2, 0.25) is 0 Å². The second kappa shape index (κ2) is 8.04. The molecule has 2 nitrogen and oxygen atoms in total. The van der Waals surface area contributed by atoms with Crippen LogP contribution in [-0.2, 0) is 0 Å². The van der Waals surface area contributed by atoms with E-state index in [9.17, 15) is 0 Å². The summed E-state index contributed by atoms with van der Waals surface area (Å²) in [6.45, 7) is 10.3. The molecule has 15 heavy (non-hydrogen) atoms. The molecule has 0 aliphatic rings. The molecule has 2 aromatic rings. The van der Waals surface area contributed by atoms with E-state index in [2.05, 4.69) is 36.8 Å². The molecule has 0 saturated carbocycles. The largest absolute Gasteiger partial charge is 0.346 e. The monoisotopic (exact) mass is 208 g/mol. The third-order valence-corrected chi connectivity index (χ3v) is 1.66. The summed E-state index contributed by atoms with van der Waals surface area (Å²) >= 11 is 0. The first kappa shape index (κ1) is 13.7. The minimum absolute atomic E-state index is 0. The van der Waals surface area contributed by atoms with Crippen LogP contribution in [0.3, 0.4) is 0 Å². The van der Waals surface area contributed by atoms with Gasteiger partial charge in [-0.3, -0.25) is 0 Å². The molecule has 2 rings (SSSR count). The highest BCUT2D eigenvalue weighted by Crippen LogP contribution is 2.12. The van der Waals surface area contributed by atoms with Gasteiger partial charge in [-0.05, 0) is 24.6 Å². The Hall–Kier alpha value is -1.31. The molecule has 0 aromatic carbocycles. The zero-order valence-electron chi connectivity index (χ0n) is 10.5. The van der Waals surface area contributed by atoms with Gasteiger partial charge < -0.3 is 4.98 Å². The van der Waals surface area contributed by atoms with Crippen LogP contribution in [0, 0.1) is 6.92 Å². The maximum Gasteiger partial charge on any atom is 0.137 e. The van der Waals surface area contributed by atoms with Crippen molar-refractivity contribution in [3.05, 3.63) is 30.1 Å². The van der Waals surface area contributed by atoms with Crippen LogP contribution in [0.15, 0.2) is 24.5 Å². The molecule has 0 spiro atoms. The highest BCUT2D eigenvalue weighted by Gasteiger charge is 1.95. The average molecular weight is 208 g/mol. The summed E-state index contributed by atoms with van der Waals surface area (Å²) in [7, 11) is 0. The minimum Gasteiger partial charge on any atom is -0.346 e. The SMILES string of the molecule is CC.CCC.Cc1c[nH]c2ncccc12.[HH]. The van der Waals surface area contributed by atoms with Crippen molar-refractivity contribution in [2.45, 2.75) is 41.0 Å². The van der Waals surface area contributed by atoms with Crippen molar-refractivity contribution in [3.8, 4) is 0 Å². The lowest BCUT2D eigenvalue weighted by Crippen LogP contribution is -1.72. The molecular weight excluding hydrogens is 184 g/mol. The van der Waals surface area contributed by atoms with E-state index in [1.807, 2.05) is 26.1 Å². The number of fused-ring (bicyclic) bond motifs is 1. The van der Waals surface area contributed by atoms with Crippen molar-refractivity contribution < 1.29 is 1.43 Å². The van der Waals surface area contributed by atoms with Gasteiger partial charge in [0.25, 0.3) is 0 Å². The molecule has 2 heteroatoms. The fourth-order valence-electron chi connectivity index (χ4n) is 1.09. The minimum atomic E-state index is 0. The smallest absolute Gasteiger partial charge is 0.137 e. The third-order valence-electron chi connectivity index (χ3n) is 1.66. The molecule has 0 aliphatic carbocycles. The summed E-state index contributed by atoms with van der Waals surface area (Å²) in [5, 5.41) is 1.21. The van der Waals surface area contributed by atoms with Crippen LogP contribution >= 0.6 is 0 Å². The normalized spacial score (nSPS) is 8.60. The molecule has 0 radical (unpaired) electrons. The number of hydrogen-bond donors (Lipinski definition) is 1. The molecular formula is C13H24N2. The maximum absolute atomic E-state index is 4.15. The van der Waals surface area contributed by atoms with Crippen LogP contribution in [0.1, 0.15) is 41.1 Å². The topological polar surface area (TPSA) is 28.7 Å². The predicted octanol–water partition coefficient (Wildman–Crippen LogP) is 4.56.